The molecule has 2 aromatic carbocycles. The Hall–Kier alpha value is -8.52. The molecule has 0 aliphatic carbocycles. The van der Waals surface area contributed by atoms with Crippen LogP contribution >= 0.6 is 11.3 Å². The number of nitriles is 1. The van der Waals surface area contributed by atoms with Gasteiger partial charge in [0.25, 0.3) is 5.69 Å². The second-order valence-corrected chi connectivity index (χ2v) is 20.2. The summed E-state index contributed by atoms with van der Waals surface area (Å²) in [5, 5.41) is 68.9. The van der Waals surface area contributed by atoms with Crippen molar-refractivity contribution in [2.24, 2.45) is 20.5 Å². The summed E-state index contributed by atoms with van der Waals surface area (Å²) in [5.41, 5.74) is 9.91. The Kier molecular flexibility index (Phi) is 19.7. The number of aromatic nitrogens is 10. The first-order chi connectivity index (χ1) is 38.0. The van der Waals surface area contributed by atoms with E-state index in [4.69, 9.17) is 56.4 Å². The van der Waals surface area contributed by atoms with E-state index in [1.807, 2.05) is 27.7 Å². The third-order valence-electron chi connectivity index (χ3n) is 12.9. The molecule has 414 valence electrons. The monoisotopic (exact) mass is 1090 g/mol. The minimum Gasteiger partial charge on any atom is -0.385 e. The van der Waals surface area contributed by atoms with E-state index in [0.717, 1.165) is 68.9 Å². The number of nitrogens with one attached hydrogen (secondary N) is 6. The van der Waals surface area contributed by atoms with Gasteiger partial charge in [-0.05, 0) is 117 Å². The van der Waals surface area contributed by atoms with Gasteiger partial charge in [0.05, 0.1) is 18.0 Å². The summed E-state index contributed by atoms with van der Waals surface area (Å²) in [7, 11) is 3.31. The highest BCUT2D eigenvalue weighted by molar-refractivity contribution is 7.16. The van der Waals surface area contributed by atoms with E-state index in [9.17, 15) is 5.26 Å². The van der Waals surface area contributed by atoms with Crippen LogP contribution in [0.25, 0.3) is 15.1 Å². The van der Waals surface area contributed by atoms with Gasteiger partial charge < -0.3 is 41.4 Å². The quantitative estimate of drug-likeness (QED) is 0.0167. The van der Waals surface area contributed by atoms with Gasteiger partial charge in [0.2, 0.25) is 33.8 Å². The van der Waals surface area contributed by atoms with Crippen LogP contribution in [-0.2, 0) is 9.47 Å². The summed E-state index contributed by atoms with van der Waals surface area (Å²) >= 11 is 1.13. The predicted molar refractivity (Wildman–Crippen MR) is 312 cm³/mol. The van der Waals surface area contributed by atoms with Crippen LogP contribution in [0.1, 0.15) is 104 Å². The Balaban J connectivity index is 1.27. The fourth-order valence-corrected chi connectivity index (χ4v) is 9.30. The molecule has 2 atom stereocenters. The first-order valence-corrected chi connectivity index (χ1v) is 27.0. The summed E-state index contributed by atoms with van der Waals surface area (Å²) in [6.45, 7) is 34.4. The average Bonchev–Trinajstić information content (AvgIpc) is 4.13. The van der Waals surface area contributed by atoms with Crippen LogP contribution in [0.15, 0.2) is 44.7 Å². The van der Waals surface area contributed by atoms with Crippen LogP contribution in [0.3, 0.4) is 0 Å². The third-order valence-corrected chi connectivity index (χ3v) is 13.7. The number of hydrogen-bond acceptors (Lipinski definition) is 22. The van der Waals surface area contributed by atoms with Gasteiger partial charge in [-0.3, -0.25) is 0 Å². The topological polar surface area (TPSA) is 281 Å². The van der Waals surface area contributed by atoms with Gasteiger partial charge in [-0.25, -0.2) is 14.2 Å². The molecule has 0 aliphatic heterocycles. The molecule has 6 N–H and O–H groups in total. The molecule has 7 rings (SSSR count). The number of methoxy groups -OCH3 is 2. The molecular weight excluding hydrogens is 1020 g/mol. The molecule has 7 aromatic rings. The van der Waals surface area contributed by atoms with Crippen LogP contribution in [0.5, 0.6) is 0 Å². The van der Waals surface area contributed by atoms with Crippen LogP contribution < -0.4 is 31.9 Å². The molecule has 0 spiro atoms. The summed E-state index contributed by atoms with van der Waals surface area (Å²) in [5.74, 6) is 2.51. The van der Waals surface area contributed by atoms with Gasteiger partial charge in [0.15, 0.2) is 34.6 Å². The van der Waals surface area contributed by atoms with Crippen molar-refractivity contribution in [1.29, 1.82) is 5.26 Å². The summed E-state index contributed by atoms with van der Waals surface area (Å²) in [6.07, 6.45) is 3.09. The molecule has 0 bridgehead atoms. The number of rotatable bonds is 26. The second-order valence-electron chi connectivity index (χ2n) is 19.3. The number of benzene rings is 2. The van der Waals surface area contributed by atoms with E-state index >= 15 is 0 Å². The largest absolute Gasteiger partial charge is 0.385 e. The molecule has 79 heavy (non-hydrogen) atoms. The van der Waals surface area contributed by atoms with Gasteiger partial charge in [-0.15, -0.1) is 35.8 Å². The van der Waals surface area contributed by atoms with E-state index in [1.165, 1.54) is 9.36 Å². The van der Waals surface area contributed by atoms with E-state index < -0.39 is 0 Å². The molecule has 2 unspecified atom stereocenters. The first-order valence-electron chi connectivity index (χ1n) is 26.2. The number of hydrogen-bond donors (Lipinski definition) is 6. The summed E-state index contributed by atoms with van der Waals surface area (Å²) in [4.78, 5) is 23.4. The van der Waals surface area contributed by atoms with Gasteiger partial charge in [0.1, 0.15) is 11.6 Å². The van der Waals surface area contributed by atoms with Crippen LogP contribution in [-0.4, -0.2) is 102 Å². The minimum absolute atomic E-state index is 0.0348. The van der Waals surface area contributed by atoms with Gasteiger partial charge >= 0.3 is 0 Å². The fraction of sp³-hybridized carbons (Fsp3) is 0.444. The van der Waals surface area contributed by atoms with Crippen molar-refractivity contribution in [3.63, 3.8) is 0 Å². The number of azo groups is 2. The van der Waals surface area contributed by atoms with E-state index in [-0.39, 0.29) is 35.0 Å². The van der Waals surface area contributed by atoms with Crippen LogP contribution in [0.2, 0.25) is 0 Å². The fourth-order valence-electron chi connectivity index (χ4n) is 8.44. The zero-order valence-corrected chi connectivity index (χ0v) is 48.3. The molecule has 5 heterocycles. The standard InChI is InChI=1S/C54H70N22O2S/c1-16-35(9)59-51-63-46(57-20-18-22-77-14)43(48(65-51)61-40-31(5)24-29(3)25-32(40)6)67-69-45-39(28-55)37(11)75(73-45)53-71-72-54(79-53)76-38(12)42(56-13)50(74-76)70-68-44-47(58-21-19-23-78-15)64-52(60-36(10)17-2)66-49(44)62-41-33(7)26-30(4)27-34(41)8/h24-27,35-36H,16-23H2,1-12,14-15H3,(H3,57,59,61,63,65)(H3,58,60,62,64,66). The predicted octanol–water partition coefficient (Wildman–Crippen LogP) is 13.0. The molecular formula is C54H70N22O2S. The highest BCUT2D eigenvalue weighted by Gasteiger charge is 2.25. The van der Waals surface area contributed by atoms with Crippen molar-refractivity contribution in [3.05, 3.63) is 86.0 Å². The Morgan fingerprint density at radius 1 is 0.633 bits per heavy atom. The lowest BCUT2D eigenvalue weighted by atomic mass is 10.1. The van der Waals surface area contributed by atoms with Gasteiger partial charge in [0, 0.05) is 64.0 Å². The lowest BCUT2D eigenvalue weighted by Crippen LogP contribution is -2.17. The number of aryl methyl sites for hydroxylation is 6. The Labute approximate surface area is 465 Å². The van der Waals surface area contributed by atoms with Crippen molar-refractivity contribution in [2.45, 2.75) is 121 Å². The Morgan fingerprint density at radius 2 is 1.05 bits per heavy atom. The molecule has 0 aliphatic rings. The SMILES string of the molecule is [C-]#[N+]c1c(N=Nc2c(NCCCOC)nc(NC(C)CC)nc2Nc2c(C)cc(C)cc2C)nn(-c2nnc(-n3nc(N=Nc4c(NCCCOC)nc(NC(C)CC)nc4Nc4c(C)cc(C)cc4C)c(C#N)c3C)s2)c1C. The minimum atomic E-state index is 0.0348. The molecule has 5 aromatic heterocycles. The maximum Gasteiger partial charge on any atom is 0.255 e. The normalized spacial score (nSPS) is 12.2. The maximum atomic E-state index is 10.5. The lowest BCUT2D eigenvalue weighted by molar-refractivity contribution is 0.197. The highest BCUT2D eigenvalue weighted by Crippen LogP contribution is 2.41. The number of nitrogens with zero attached hydrogens (tertiary/aromatic N) is 16. The first kappa shape index (κ1) is 58.2. The number of anilines is 8. The summed E-state index contributed by atoms with van der Waals surface area (Å²) in [6, 6.07) is 10.8. The molecule has 25 heteroatoms. The van der Waals surface area contributed by atoms with E-state index in [2.05, 4.69) is 129 Å². The van der Waals surface area contributed by atoms with Crippen LogP contribution in [0, 0.1) is 73.3 Å². The zero-order valence-electron chi connectivity index (χ0n) is 47.5. The van der Waals surface area contributed by atoms with Gasteiger partial charge in [-0.2, -0.15) is 30.3 Å². The zero-order chi connectivity index (χ0) is 56.9. The summed E-state index contributed by atoms with van der Waals surface area (Å²) < 4.78 is 13.6. The van der Waals surface area contributed by atoms with Crippen molar-refractivity contribution in [1.82, 2.24) is 49.7 Å². The van der Waals surface area contributed by atoms with Crippen LogP contribution in [0.4, 0.5) is 75.2 Å². The highest BCUT2D eigenvalue weighted by atomic mass is 32.1. The smallest absolute Gasteiger partial charge is 0.255 e. The Morgan fingerprint density at radius 3 is 1.47 bits per heavy atom. The van der Waals surface area contributed by atoms with Crippen molar-refractivity contribution in [2.75, 3.05) is 72.4 Å². The molecule has 0 saturated heterocycles. The molecule has 0 radical (unpaired) electrons. The van der Waals surface area contributed by atoms with Crippen molar-refractivity contribution >= 4 is 86.6 Å². The second kappa shape index (κ2) is 26.7. The average molecular weight is 1090 g/mol. The van der Waals surface area contributed by atoms with Crippen molar-refractivity contribution in [3.8, 4) is 16.3 Å². The van der Waals surface area contributed by atoms with E-state index in [0.29, 0.717) is 107 Å². The maximum absolute atomic E-state index is 10.5. The molecule has 24 nitrogen and oxygen atoms in total. The van der Waals surface area contributed by atoms with Crippen molar-refractivity contribution < 1.29 is 9.47 Å². The van der Waals surface area contributed by atoms with E-state index in [1.54, 1.807) is 28.1 Å². The van der Waals surface area contributed by atoms with Gasteiger partial charge in [-0.1, -0.05) is 60.6 Å². The molecule has 0 fully saturated rings. The molecule has 0 amide bonds. The number of ether oxygens (including phenoxy) is 2. The third kappa shape index (κ3) is 14.0. The molecule has 0 saturated carbocycles. The lowest BCUT2D eigenvalue weighted by Gasteiger charge is -2.19. The Bertz CT molecular complexity index is 3170.